The fourth-order valence-electron chi connectivity index (χ4n) is 2.36. The molecule has 0 amide bonds. The first-order chi connectivity index (χ1) is 6.41. The van der Waals surface area contributed by atoms with Gasteiger partial charge in [-0.3, -0.25) is 0 Å². The molecular formula is C9H19N3OS. The third-order valence-corrected chi connectivity index (χ3v) is 4.81. The zero-order valence-corrected chi connectivity index (χ0v) is 9.77. The number of rotatable bonds is 1. The molecule has 2 aliphatic rings. The third kappa shape index (κ3) is 1.81. The highest BCUT2D eigenvalue weighted by Gasteiger charge is 2.46. The molecule has 82 valence electrons. The second kappa shape index (κ2) is 3.18. The summed E-state index contributed by atoms with van der Waals surface area (Å²) in [6, 6.07) is 0. The molecule has 1 spiro atoms. The predicted octanol–water partition coefficient (Wildman–Crippen LogP) is 0.606. The Bertz CT molecular complexity index is 309. The topological polar surface area (TPSA) is 47.4 Å². The summed E-state index contributed by atoms with van der Waals surface area (Å²) in [5.41, 5.74) is 0.395. The lowest BCUT2D eigenvalue weighted by Gasteiger charge is -2.53. The van der Waals surface area contributed by atoms with E-state index in [1.54, 1.807) is 0 Å². The number of nitrogens with zero attached hydrogens (tertiary/aromatic N) is 2. The molecule has 4 nitrogen and oxygen atoms in total. The fourth-order valence-corrected chi connectivity index (χ4v) is 3.40. The second-order valence-electron chi connectivity index (χ2n) is 4.90. The monoisotopic (exact) mass is 217 g/mol. The number of piperidine rings is 1. The van der Waals surface area contributed by atoms with E-state index in [0.717, 1.165) is 26.2 Å². The van der Waals surface area contributed by atoms with Gasteiger partial charge in [-0.25, -0.2) is 13.3 Å². The van der Waals surface area contributed by atoms with E-state index in [0.29, 0.717) is 5.41 Å². The molecule has 0 bridgehead atoms. The molecule has 2 rings (SSSR count). The van der Waals surface area contributed by atoms with E-state index < -0.39 is 9.92 Å². The summed E-state index contributed by atoms with van der Waals surface area (Å²) in [6.45, 7) is 4.05. The van der Waals surface area contributed by atoms with Gasteiger partial charge in [0.2, 0.25) is 0 Å². The zero-order chi connectivity index (χ0) is 10.4. The highest BCUT2D eigenvalue weighted by Crippen LogP contribution is 2.41. The Morgan fingerprint density at radius 2 is 1.79 bits per heavy atom. The maximum Gasteiger partial charge on any atom is 0.104 e. The molecule has 1 atom stereocenters. The zero-order valence-electron chi connectivity index (χ0n) is 8.95. The van der Waals surface area contributed by atoms with Crippen molar-refractivity contribution in [3.8, 4) is 0 Å². The van der Waals surface area contributed by atoms with Gasteiger partial charge in [0.05, 0.1) is 0 Å². The van der Waals surface area contributed by atoms with E-state index in [1.807, 2.05) is 4.31 Å². The Morgan fingerprint density at radius 1 is 1.29 bits per heavy atom. The van der Waals surface area contributed by atoms with Gasteiger partial charge in [-0.05, 0) is 33.0 Å². The molecule has 2 aliphatic heterocycles. The van der Waals surface area contributed by atoms with Crippen LogP contribution < -0.4 is 0 Å². The molecule has 2 saturated heterocycles. The van der Waals surface area contributed by atoms with Crippen LogP contribution in [0.4, 0.5) is 0 Å². The van der Waals surface area contributed by atoms with Crippen LogP contribution >= 0.6 is 0 Å². The predicted molar refractivity (Wildman–Crippen MR) is 57.5 cm³/mol. The van der Waals surface area contributed by atoms with E-state index in [9.17, 15) is 4.21 Å². The summed E-state index contributed by atoms with van der Waals surface area (Å²) in [5.74, 6) is 0. The van der Waals surface area contributed by atoms with Gasteiger partial charge >= 0.3 is 0 Å². The SMILES string of the molecule is CN1CCC2(CC1)CN(S(C)(=N)=O)C2. The lowest BCUT2D eigenvalue weighted by atomic mass is 9.73. The summed E-state index contributed by atoms with van der Waals surface area (Å²) in [5, 5.41) is 0. The van der Waals surface area contributed by atoms with Crippen molar-refractivity contribution in [1.29, 1.82) is 4.78 Å². The lowest BCUT2D eigenvalue weighted by Crippen LogP contribution is -2.60. The molecule has 14 heavy (non-hydrogen) atoms. The summed E-state index contributed by atoms with van der Waals surface area (Å²) >= 11 is 0. The molecule has 0 aromatic rings. The molecule has 0 aromatic carbocycles. The van der Waals surface area contributed by atoms with Gasteiger partial charge in [-0.1, -0.05) is 0 Å². The molecule has 1 N–H and O–H groups in total. The average molecular weight is 217 g/mol. The fraction of sp³-hybridized carbons (Fsp3) is 1.00. The van der Waals surface area contributed by atoms with Crippen molar-refractivity contribution in [1.82, 2.24) is 9.21 Å². The summed E-state index contributed by atoms with van der Waals surface area (Å²) in [4.78, 5) is 2.35. The number of likely N-dealkylation sites (tertiary alicyclic amines) is 1. The molecule has 0 aliphatic carbocycles. The maximum absolute atomic E-state index is 11.4. The van der Waals surface area contributed by atoms with Crippen LogP contribution in [0.3, 0.4) is 0 Å². The first-order valence-corrected chi connectivity index (χ1v) is 7.01. The van der Waals surface area contributed by atoms with E-state index in [4.69, 9.17) is 4.78 Å². The van der Waals surface area contributed by atoms with Gasteiger partial charge in [-0.15, -0.1) is 0 Å². The van der Waals surface area contributed by atoms with Crippen LogP contribution in [0.5, 0.6) is 0 Å². The Morgan fingerprint density at radius 3 is 2.21 bits per heavy atom. The number of nitrogens with one attached hydrogen (secondary N) is 1. The van der Waals surface area contributed by atoms with E-state index in [1.165, 1.54) is 19.1 Å². The summed E-state index contributed by atoms with van der Waals surface area (Å²) < 4.78 is 20.7. The standard InChI is InChI=1S/C9H19N3OS/c1-11-5-3-9(4-6-11)7-12(8-9)14(2,10)13/h10H,3-8H2,1-2H3. The van der Waals surface area contributed by atoms with Crippen LogP contribution in [0, 0.1) is 10.2 Å². The minimum Gasteiger partial charge on any atom is -0.306 e. The minimum atomic E-state index is -2.44. The highest BCUT2D eigenvalue weighted by molar-refractivity contribution is 7.89. The Balaban J connectivity index is 1.93. The van der Waals surface area contributed by atoms with E-state index in [2.05, 4.69) is 11.9 Å². The molecule has 2 fully saturated rings. The normalized spacial score (nSPS) is 32.4. The lowest BCUT2D eigenvalue weighted by molar-refractivity contribution is 0.00963. The Labute approximate surface area is 86.4 Å². The molecule has 1 unspecified atom stereocenters. The van der Waals surface area contributed by atoms with Gasteiger partial charge in [0, 0.05) is 24.8 Å². The maximum atomic E-state index is 11.4. The van der Waals surface area contributed by atoms with Crippen LogP contribution in [0.25, 0.3) is 0 Å². The van der Waals surface area contributed by atoms with Crippen molar-refractivity contribution in [2.45, 2.75) is 12.8 Å². The van der Waals surface area contributed by atoms with Gasteiger partial charge in [-0.2, -0.15) is 0 Å². The van der Waals surface area contributed by atoms with Crippen LogP contribution in [-0.4, -0.2) is 52.9 Å². The second-order valence-corrected chi connectivity index (χ2v) is 7.03. The Hall–Kier alpha value is -0.130. The molecular weight excluding hydrogens is 198 g/mol. The van der Waals surface area contributed by atoms with Crippen LogP contribution in [0.1, 0.15) is 12.8 Å². The third-order valence-electron chi connectivity index (χ3n) is 3.56. The molecule has 0 saturated carbocycles. The van der Waals surface area contributed by atoms with Crippen LogP contribution in [0.2, 0.25) is 0 Å². The highest BCUT2D eigenvalue weighted by atomic mass is 32.2. The van der Waals surface area contributed by atoms with Crippen molar-refractivity contribution >= 4 is 9.92 Å². The van der Waals surface area contributed by atoms with Gasteiger partial charge < -0.3 is 4.90 Å². The van der Waals surface area contributed by atoms with Crippen molar-refractivity contribution in [3.05, 3.63) is 0 Å². The van der Waals surface area contributed by atoms with Gasteiger partial charge in [0.15, 0.2) is 0 Å². The van der Waals surface area contributed by atoms with Gasteiger partial charge in [0.25, 0.3) is 0 Å². The summed E-state index contributed by atoms with van der Waals surface area (Å²) in [6.07, 6.45) is 3.93. The van der Waals surface area contributed by atoms with Crippen LogP contribution in [-0.2, 0) is 9.92 Å². The first-order valence-electron chi connectivity index (χ1n) is 5.09. The first kappa shape index (κ1) is 10.4. The van der Waals surface area contributed by atoms with Crippen molar-refractivity contribution in [3.63, 3.8) is 0 Å². The Kier molecular flexibility index (Phi) is 2.36. The number of hydrogen-bond donors (Lipinski definition) is 1. The van der Waals surface area contributed by atoms with Crippen molar-refractivity contribution in [2.24, 2.45) is 5.41 Å². The quantitative estimate of drug-likeness (QED) is 0.699. The average Bonchev–Trinajstić information content (AvgIpc) is 2.00. The van der Waals surface area contributed by atoms with Crippen molar-refractivity contribution < 1.29 is 4.21 Å². The largest absolute Gasteiger partial charge is 0.306 e. The van der Waals surface area contributed by atoms with E-state index in [-0.39, 0.29) is 0 Å². The molecule has 0 radical (unpaired) electrons. The van der Waals surface area contributed by atoms with E-state index >= 15 is 0 Å². The molecule has 0 aromatic heterocycles. The van der Waals surface area contributed by atoms with Gasteiger partial charge in [0.1, 0.15) is 9.92 Å². The molecule has 5 heteroatoms. The minimum absolute atomic E-state index is 0.395. The number of hydrogen-bond acceptors (Lipinski definition) is 3. The smallest absolute Gasteiger partial charge is 0.104 e. The molecule has 2 heterocycles. The summed E-state index contributed by atoms with van der Waals surface area (Å²) in [7, 11) is -0.286. The van der Waals surface area contributed by atoms with Crippen molar-refractivity contribution in [2.75, 3.05) is 39.5 Å². The van der Waals surface area contributed by atoms with Crippen LogP contribution in [0.15, 0.2) is 0 Å².